The highest BCUT2D eigenvalue weighted by atomic mass is 16.4. The zero-order chi connectivity index (χ0) is 23.5. The molecule has 168 valence electrons. The summed E-state index contributed by atoms with van der Waals surface area (Å²) in [6, 6.07) is 12.2. The number of hydrogen-bond donors (Lipinski definition) is 4. The number of rotatable bonds is 8. The molecule has 1 atom stereocenters. The molecule has 0 saturated heterocycles. The molecule has 1 aromatic heterocycles. The van der Waals surface area contributed by atoms with Crippen molar-refractivity contribution in [1.29, 1.82) is 0 Å². The molecule has 0 aliphatic rings. The van der Waals surface area contributed by atoms with Crippen molar-refractivity contribution >= 4 is 34.5 Å². The zero-order valence-electron chi connectivity index (χ0n) is 18.1. The number of aromatic nitrogens is 1. The third kappa shape index (κ3) is 5.30. The fourth-order valence-corrected chi connectivity index (χ4v) is 3.48. The Labute approximate surface area is 184 Å². The average Bonchev–Trinajstić information content (AvgIpc) is 2.66. The number of fused-ring (bicyclic) bond motifs is 1. The van der Waals surface area contributed by atoms with Gasteiger partial charge < -0.3 is 25.9 Å². The van der Waals surface area contributed by atoms with E-state index in [4.69, 9.17) is 10.2 Å². The lowest BCUT2D eigenvalue weighted by molar-refractivity contribution is -0.140. The monoisotopic (exact) mass is 438 g/mol. The zero-order valence-corrected chi connectivity index (χ0v) is 18.1. The summed E-state index contributed by atoms with van der Waals surface area (Å²) >= 11 is 0. The average molecular weight is 438 g/mol. The number of nitrogens with two attached hydrogens (primary N) is 1. The molecule has 0 saturated carbocycles. The van der Waals surface area contributed by atoms with Gasteiger partial charge in [-0.1, -0.05) is 30.3 Å². The van der Waals surface area contributed by atoms with E-state index in [9.17, 15) is 19.5 Å². The quantitative estimate of drug-likeness (QED) is 0.420. The number of anilines is 2. The Balaban J connectivity index is 1.95. The molecule has 0 aliphatic heterocycles. The Morgan fingerprint density at radius 1 is 1.22 bits per heavy atom. The number of carboxylic acids is 1. The summed E-state index contributed by atoms with van der Waals surface area (Å²) < 4.78 is 5.22. The number of nitrogens with zero attached hydrogens (tertiary/aromatic N) is 1. The Morgan fingerprint density at radius 2 is 1.91 bits per heavy atom. The van der Waals surface area contributed by atoms with Gasteiger partial charge in [-0.25, -0.2) is 4.79 Å². The minimum Gasteiger partial charge on any atom is -0.481 e. The Bertz CT molecular complexity index is 1210. The first kappa shape index (κ1) is 23.0. The fraction of sp³-hybridized carbons (Fsp3) is 0.304. The van der Waals surface area contributed by atoms with Crippen LogP contribution in [0.2, 0.25) is 0 Å². The van der Waals surface area contributed by atoms with Crippen molar-refractivity contribution in [2.24, 2.45) is 5.73 Å². The van der Waals surface area contributed by atoms with E-state index >= 15 is 0 Å². The topological polar surface area (TPSA) is 148 Å². The predicted octanol–water partition coefficient (Wildman–Crippen LogP) is 2.67. The molecule has 9 heteroatoms. The number of aliphatic carboxylic acids is 1. The third-order valence-corrected chi connectivity index (χ3v) is 4.88. The van der Waals surface area contributed by atoms with Crippen molar-refractivity contribution in [3.63, 3.8) is 0 Å². The van der Waals surface area contributed by atoms with Crippen LogP contribution in [0.5, 0.6) is 0 Å². The minimum atomic E-state index is -1.68. The first-order chi connectivity index (χ1) is 15.1. The first-order valence-electron chi connectivity index (χ1n) is 10.2. The molecule has 32 heavy (non-hydrogen) atoms. The molecule has 0 radical (unpaired) electrons. The summed E-state index contributed by atoms with van der Waals surface area (Å²) in [6.45, 7) is 5.45. The maximum atomic E-state index is 13.1. The lowest BCUT2D eigenvalue weighted by Crippen LogP contribution is -2.54. The highest BCUT2D eigenvalue weighted by Crippen LogP contribution is 2.24. The van der Waals surface area contributed by atoms with Gasteiger partial charge in [-0.2, -0.15) is 4.98 Å². The molecule has 0 unspecified atom stereocenters. The van der Waals surface area contributed by atoms with E-state index in [1.54, 1.807) is 37.3 Å². The summed E-state index contributed by atoms with van der Waals surface area (Å²) in [5.74, 6) is -1.83. The van der Waals surface area contributed by atoms with Crippen molar-refractivity contribution in [2.75, 3.05) is 10.6 Å². The van der Waals surface area contributed by atoms with Crippen LogP contribution in [-0.2, 0) is 16.0 Å². The largest absolute Gasteiger partial charge is 0.481 e. The summed E-state index contributed by atoms with van der Waals surface area (Å²) in [7, 11) is 0. The van der Waals surface area contributed by atoms with Gasteiger partial charge >= 0.3 is 11.6 Å². The van der Waals surface area contributed by atoms with Crippen LogP contribution in [0.1, 0.15) is 31.4 Å². The molecule has 0 bridgehead atoms. The number of benzene rings is 2. The van der Waals surface area contributed by atoms with E-state index in [0.717, 1.165) is 5.56 Å². The number of amides is 1. The minimum absolute atomic E-state index is 0.000978. The third-order valence-electron chi connectivity index (χ3n) is 4.88. The molecule has 3 aromatic rings. The van der Waals surface area contributed by atoms with Crippen LogP contribution >= 0.6 is 0 Å². The van der Waals surface area contributed by atoms with Crippen molar-refractivity contribution in [3.05, 3.63) is 64.0 Å². The van der Waals surface area contributed by atoms with Gasteiger partial charge in [0.2, 0.25) is 5.91 Å². The second kappa shape index (κ2) is 9.19. The summed E-state index contributed by atoms with van der Waals surface area (Å²) in [5.41, 5.74) is 6.05. The molecule has 5 N–H and O–H groups in total. The highest BCUT2D eigenvalue weighted by Gasteiger charge is 2.37. The number of aryl methyl sites for hydroxylation is 1. The van der Waals surface area contributed by atoms with Gasteiger partial charge in [-0.3, -0.25) is 9.59 Å². The van der Waals surface area contributed by atoms with Crippen LogP contribution in [0.15, 0.2) is 51.7 Å². The first-order valence-corrected chi connectivity index (χ1v) is 10.2. The van der Waals surface area contributed by atoms with Crippen LogP contribution in [0.4, 0.5) is 11.7 Å². The van der Waals surface area contributed by atoms with Crippen molar-refractivity contribution in [2.45, 2.75) is 45.2 Å². The lowest BCUT2D eigenvalue weighted by Gasteiger charge is -2.27. The summed E-state index contributed by atoms with van der Waals surface area (Å²) in [4.78, 5) is 41.2. The van der Waals surface area contributed by atoms with Crippen LogP contribution < -0.4 is 22.0 Å². The second-order valence-corrected chi connectivity index (χ2v) is 8.14. The van der Waals surface area contributed by atoms with E-state index in [1.165, 1.54) is 6.07 Å². The number of carbonyl (C=O) groups is 2. The Kier molecular flexibility index (Phi) is 6.59. The number of carbonyl (C=O) groups excluding carboxylic acids is 1. The normalized spacial score (nSPS) is 13.0. The van der Waals surface area contributed by atoms with Gasteiger partial charge in [0.15, 0.2) is 0 Å². The van der Waals surface area contributed by atoms with Crippen molar-refractivity contribution in [3.8, 4) is 0 Å². The Morgan fingerprint density at radius 3 is 2.53 bits per heavy atom. The maximum absolute atomic E-state index is 13.1. The van der Waals surface area contributed by atoms with Gasteiger partial charge in [0, 0.05) is 11.7 Å². The smallest absolute Gasteiger partial charge is 0.348 e. The fourth-order valence-electron chi connectivity index (χ4n) is 3.48. The maximum Gasteiger partial charge on any atom is 0.348 e. The van der Waals surface area contributed by atoms with E-state index < -0.39 is 29.5 Å². The standard InChI is InChI=1S/C23H26N4O5/c1-13(2)25-22-27-17-10-16(9-14(3)19(17)20(30)32-22)26-21(31)23(24,12-18(28)29)11-15-7-5-4-6-8-15/h4-10,13H,11-12,24H2,1-3H3,(H,25,27)(H,26,31)(H,28,29)/t23-/m0/s1. The van der Waals surface area contributed by atoms with E-state index in [0.29, 0.717) is 22.2 Å². The molecular formula is C23H26N4O5. The van der Waals surface area contributed by atoms with Crippen molar-refractivity contribution in [1.82, 2.24) is 4.98 Å². The highest BCUT2D eigenvalue weighted by molar-refractivity contribution is 6.01. The number of carboxylic acid groups (broad SMARTS) is 1. The molecule has 2 aromatic carbocycles. The van der Waals surface area contributed by atoms with E-state index in [-0.39, 0.29) is 18.5 Å². The van der Waals surface area contributed by atoms with Gasteiger partial charge in [0.1, 0.15) is 5.54 Å². The van der Waals surface area contributed by atoms with Crippen LogP contribution in [-0.4, -0.2) is 33.5 Å². The van der Waals surface area contributed by atoms with Crippen molar-refractivity contribution < 1.29 is 19.1 Å². The van der Waals surface area contributed by atoms with E-state index in [1.807, 2.05) is 19.9 Å². The Hall–Kier alpha value is -3.72. The van der Waals surface area contributed by atoms with Gasteiger partial charge in [-0.05, 0) is 50.5 Å². The van der Waals surface area contributed by atoms with Gasteiger partial charge in [0.05, 0.1) is 17.3 Å². The van der Waals surface area contributed by atoms with Crippen LogP contribution in [0, 0.1) is 6.92 Å². The molecule has 9 nitrogen and oxygen atoms in total. The van der Waals surface area contributed by atoms with Gasteiger partial charge in [0.25, 0.3) is 6.01 Å². The lowest BCUT2D eigenvalue weighted by atomic mass is 9.87. The SMILES string of the molecule is Cc1cc(NC(=O)[C@@](N)(CC(=O)O)Cc2ccccc2)cc2nc(NC(C)C)oc(=O)c12. The van der Waals surface area contributed by atoms with Crippen LogP contribution in [0.25, 0.3) is 10.9 Å². The molecule has 1 amide bonds. The van der Waals surface area contributed by atoms with Crippen LogP contribution in [0.3, 0.4) is 0 Å². The molecular weight excluding hydrogens is 412 g/mol. The second-order valence-electron chi connectivity index (χ2n) is 8.14. The molecule has 1 heterocycles. The summed E-state index contributed by atoms with van der Waals surface area (Å²) in [6.07, 6.45) is -0.507. The molecule has 0 fully saturated rings. The molecule has 0 aliphatic carbocycles. The van der Waals surface area contributed by atoms with E-state index in [2.05, 4.69) is 15.6 Å². The number of nitrogens with one attached hydrogen (secondary N) is 2. The molecule has 0 spiro atoms. The van der Waals surface area contributed by atoms with Gasteiger partial charge in [-0.15, -0.1) is 0 Å². The molecule has 3 rings (SSSR count). The number of hydrogen-bond acceptors (Lipinski definition) is 7. The predicted molar refractivity (Wildman–Crippen MR) is 122 cm³/mol. The summed E-state index contributed by atoms with van der Waals surface area (Å²) in [5, 5.41) is 15.3.